The number of hydrogen-bond donors (Lipinski definition) is 2. The quantitative estimate of drug-likeness (QED) is 0.772. The van der Waals surface area contributed by atoms with Gasteiger partial charge >= 0.3 is 0 Å². The molecule has 0 aliphatic carbocycles. The predicted octanol–water partition coefficient (Wildman–Crippen LogP) is 2.80. The molecule has 0 aliphatic rings. The number of anilines is 1. The Labute approximate surface area is 149 Å². The van der Waals surface area contributed by atoms with Crippen LogP contribution in [0, 0.1) is 0 Å². The molecule has 5 nitrogen and oxygen atoms in total. The van der Waals surface area contributed by atoms with Crippen molar-refractivity contribution in [2.24, 2.45) is 5.73 Å². The number of rotatable bonds is 7. The number of nitrogens with zero attached hydrogens (tertiary/aromatic N) is 1. The normalized spacial score (nSPS) is 10.8. The van der Waals surface area contributed by atoms with E-state index in [2.05, 4.69) is 5.32 Å². The van der Waals surface area contributed by atoms with E-state index in [0.717, 1.165) is 5.69 Å². The first-order valence-corrected chi connectivity index (χ1v) is 6.90. The largest absolute Gasteiger partial charge is 0.495 e. The number of nitrogens with one attached hydrogen (secondary N) is 1. The molecule has 0 bridgehead atoms. The van der Waals surface area contributed by atoms with Crippen LogP contribution in [0.4, 0.5) is 5.69 Å². The molecule has 0 saturated heterocycles. The molecule has 0 aliphatic heterocycles. The number of benzene rings is 1. The third-order valence-electron chi connectivity index (χ3n) is 3.21. The van der Waals surface area contributed by atoms with Crippen molar-refractivity contribution in [1.29, 1.82) is 0 Å². The zero-order valence-corrected chi connectivity index (χ0v) is 15.4. The van der Waals surface area contributed by atoms with Gasteiger partial charge in [-0.1, -0.05) is 11.6 Å². The number of hydrogen-bond acceptors (Lipinski definition) is 4. The summed E-state index contributed by atoms with van der Waals surface area (Å²) < 4.78 is 5.23. The molecule has 0 radical (unpaired) electrons. The molecule has 1 aromatic carbocycles. The van der Waals surface area contributed by atoms with Gasteiger partial charge in [-0.2, -0.15) is 0 Å². The van der Waals surface area contributed by atoms with Crippen LogP contribution in [0.3, 0.4) is 0 Å². The van der Waals surface area contributed by atoms with E-state index < -0.39 is 0 Å². The van der Waals surface area contributed by atoms with Gasteiger partial charge < -0.3 is 20.7 Å². The Balaban J connectivity index is 0. The summed E-state index contributed by atoms with van der Waals surface area (Å²) in [5.74, 6) is 0.752. The van der Waals surface area contributed by atoms with Crippen molar-refractivity contribution in [2.45, 2.75) is 19.4 Å². The van der Waals surface area contributed by atoms with Gasteiger partial charge in [-0.25, -0.2) is 0 Å². The Bertz CT molecular complexity index is 461. The highest BCUT2D eigenvalue weighted by atomic mass is 35.5. The second-order valence-electron chi connectivity index (χ2n) is 4.61. The molecular formula is C14H24Cl3N3O2. The smallest absolute Gasteiger partial charge is 0.224 e. The lowest BCUT2D eigenvalue weighted by molar-refractivity contribution is -0.131. The third-order valence-corrected chi connectivity index (χ3v) is 3.45. The average molecular weight is 373 g/mol. The molecule has 0 fully saturated rings. The summed E-state index contributed by atoms with van der Waals surface area (Å²) in [7, 11) is 3.36. The Morgan fingerprint density at radius 2 is 2.09 bits per heavy atom. The second kappa shape index (κ2) is 11.7. The summed E-state index contributed by atoms with van der Waals surface area (Å²) in [5.41, 5.74) is 6.32. The minimum atomic E-state index is 0. The molecule has 1 rings (SSSR count). The van der Waals surface area contributed by atoms with Crippen molar-refractivity contribution >= 4 is 48.0 Å². The van der Waals surface area contributed by atoms with Crippen LogP contribution < -0.4 is 15.8 Å². The molecule has 1 unspecified atom stereocenters. The van der Waals surface area contributed by atoms with Gasteiger partial charge in [0.1, 0.15) is 5.75 Å². The van der Waals surface area contributed by atoms with Crippen molar-refractivity contribution in [2.75, 3.05) is 32.6 Å². The summed E-state index contributed by atoms with van der Waals surface area (Å²) in [6, 6.07) is 5.36. The van der Waals surface area contributed by atoms with Gasteiger partial charge in [-0.3, -0.25) is 4.79 Å². The number of ether oxygens (including phenoxy) is 1. The van der Waals surface area contributed by atoms with Crippen LogP contribution in [0.25, 0.3) is 0 Å². The molecule has 128 valence electrons. The van der Waals surface area contributed by atoms with Gasteiger partial charge in [0.25, 0.3) is 0 Å². The van der Waals surface area contributed by atoms with Gasteiger partial charge in [0.05, 0.1) is 12.8 Å². The van der Waals surface area contributed by atoms with E-state index in [0.29, 0.717) is 30.3 Å². The topological polar surface area (TPSA) is 67.6 Å². The average Bonchev–Trinajstić information content (AvgIpc) is 2.45. The van der Waals surface area contributed by atoms with Crippen LogP contribution in [-0.2, 0) is 4.79 Å². The van der Waals surface area contributed by atoms with Gasteiger partial charge in [-0.05, 0) is 25.1 Å². The minimum Gasteiger partial charge on any atom is -0.495 e. The first kappa shape index (κ1) is 23.4. The summed E-state index contributed by atoms with van der Waals surface area (Å²) in [4.78, 5) is 13.6. The number of halogens is 3. The van der Waals surface area contributed by atoms with Gasteiger partial charge in [0, 0.05) is 37.6 Å². The zero-order chi connectivity index (χ0) is 15.1. The molecule has 0 spiro atoms. The first-order chi connectivity index (χ1) is 9.49. The Hall–Kier alpha value is -0.880. The maximum atomic E-state index is 11.9. The summed E-state index contributed by atoms with van der Waals surface area (Å²) in [6.07, 6.45) is 0.385. The maximum Gasteiger partial charge on any atom is 0.224 e. The molecule has 0 aromatic heterocycles. The van der Waals surface area contributed by atoms with E-state index in [4.69, 9.17) is 22.1 Å². The summed E-state index contributed by atoms with van der Waals surface area (Å²) in [6.45, 7) is 2.89. The van der Waals surface area contributed by atoms with Crippen molar-refractivity contribution in [1.82, 2.24) is 4.90 Å². The molecule has 0 saturated carbocycles. The van der Waals surface area contributed by atoms with Gasteiger partial charge in [0.15, 0.2) is 0 Å². The molecule has 22 heavy (non-hydrogen) atoms. The van der Waals surface area contributed by atoms with Crippen LogP contribution in [0.2, 0.25) is 5.02 Å². The molecular weight excluding hydrogens is 349 g/mol. The molecule has 3 N–H and O–H groups in total. The lowest BCUT2D eigenvalue weighted by Crippen LogP contribution is -2.40. The van der Waals surface area contributed by atoms with Crippen LogP contribution in [-0.4, -0.2) is 44.1 Å². The van der Waals surface area contributed by atoms with Crippen LogP contribution >= 0.6 is 36.4 Å². The second-order valence-corrected chi connectivity index (χ2v) is 5.05. The molecule has 8 heteroatoms. The van der Waals surface area contributed by atoms with Crippen LogP contribution in [0.5, 0.6) is 5.75 Å². The Morgan fingerprint density at radius 1 is 1.45 bits per heavy atom. The fourth-order valence-corrected chi connectivity index (χ4v) is 1.87. The number of methoxy groups -OCH3 is 1. The van der Waals surface area contributed by atoms with Crippen molar-refractivity contribution < 1.29 is 9.53 Å². The summed E-state index contributed by atoms with van der Waals surface area (Å²) >= 11 is 5.94. The third kappa shape index (κ3) is 6.92. The molecule has 1 atom stereocenters. The van der Waals surface area contributed by atoms with Crippen molar-refractivity contribution in [3.8, 4) is 5.75 Å². The number of carbonyl (C=O) groups is 1. The minimum absolute atomic E-state index is 0. The van der Waals surface area contributed by atoms with Crippen molar-refractivity contribution in [3.63, 3.8) is 0 Å². The van der Waals surface area contributed by atoms with Gasteiger partial charge in [-0.15, -0.1) is 24.8 Å². The van der Waals surface area contributed by atoms with E-state index in [1.165, 1.54) is 0 Å². The number of amides is 1. The maximum absolute atomic E-state index is 11.9. The van der Waals surface area contributed by atoms with E-state index in [9.17, 15) is 4.79 Å². The van der Waals surface area contributed by atoms with E-state index >= 15 is 0 Å². The van der Waals surface area contributed by atoms with Crippen LogP contribution in [0.15, 0.2) is 18.2 Å². The Kier molecular flexibility index (Phi) is 12.4. The Morgan fingerprint density at radius 3 is 2.64 bits per heavy atom. The molecule has 1 amide bonds. The fourth-order valence-electron chi connectivity index (χ4n) is 1.70. The van der Waals surface area contributed by atoms with Crippen LogP contribution in [0.1, 0.15) is 13.3 Å². The lowest BCUT2D eigenvalue weighted by Gasteiger charge is -2.23. The monoisotopic (exact) mass is 371 g/mol. The van der Waals surface area contributed by atoms with E-state index in [1.807, 2.05) is 6.92 Å². The fraction of sp³-hybridized carbons (Fsp3) is 0.500. The number of nitrogens with two attached hydrogens (primary N) is 1. The van der Waals surface area contributed by atoms with E-state index in [1.54, 1.807) is 37.3 Å². The van der Waals surface area contributed by atoms with E-state index in [-0.39, 0.29) is 36.8 Å². The standard InChI is InChI=1S/C14H22ClN3O2.2ClH/c1-10(9-16)18(2)14(19)6-7-17-12-8-11(15)4-5-13(12)20-3;;/h4-5,8,10,17H,6-7,9,16H2,1-3H3;2*1H. The number of likely N-dealkylation sites (N-methyl/N-ethyl adjacent to an activating group) is 1. The predicted molar refractivity (Wildman–Crippen MR) is 96.9 cm³/mol. The highest BCUT2D eigenvalue weighted by Gasteiger charge is 2.14. The molecule has 1 aromatic rings. The molecule has 0 heterocycles. The lowest BCUT2D eigenvalue weighted by atomic mass is 10.2. The van der Waals surface area contributed by atoms with Crippen molar-refractivity contribution in [3.05, 3.63) is 23.2 Å². The highest BCUT2D eigenvalue weighted by molar-refractivity contribution is 6.30. The number of carbonyl (C=O) groups excluding carboxylic acids is 1. The summed E-state index contributed by atoms with van der Waals surface area (Å²) in [5, 5.41) is 3.78. The first-order valence-electron chi connectivity index (χ1n) is 6.52. The van der Waals surface area contributed by atoms with Gasteiger partial charge in [0.2, 0.25) is 5.91 Å². The highest BCUT2D eigenvalue weighted by Crippen LogP contribution is 2.27. The zero-order valence-electron chi connectivity index (χ0n) is 13.0. The SMILES string of the molecule is COc1ccc(Cl)cc1NCCC(=O)N(C)C(C)CN.Cl.Cl.